The van der Waals surface area contributed by atoms with Gasteiger partial charge in [-0.25, -0.2) is 0 Å². The molecule has 0 aliphatic heterocycles. The van der Waals surface area contributed by atoms with Crippen LogP contribution in [0.3, 0.4) is 0 Å². The first-order valence-electron chi connectivity index (χ1n) is 7.45. The maximum Gasteiger partial charge on any atom is 0.231 e. The van der Waals surface area contributed by atoms with Crippen molar-refractivity contribution in [3.63, 3.8) is 0 Å². The van der Waals surface area contributed by atoms with Crippen LogP contribution in [0.2, 0.25) is 0 Å². The highest BCUT2D eigenvalue weighted by atomic mass is 32.1. The quantitative estimate of drug-likeness (QED) is 0.923. The number of carbonyl (C=O) groups excluding carboxylic acids is 1. The summed E-state index contributed by atoms with van der Waals surface area (Å²) in [5.41, 5.74) is 0.577. The maximum absolute atomic E-state index is 12.7. The van der Waals surface area contributed by atoms with Gasteiger partial charge in [0.25, 0.3) is 0 Å². The van der Waals surface area contributed by atoms with Crippen molar-refractivity contribution in [2.75, 3.05) is 6.54 Å². The summed E-state index contributed by atoms with van der Waals surface area (Å²) in [5.74, 6) is 0.989. The predicted octanol–water partition coefficient (Wildman–Crippen LogP) is 3.22. The molecule has 2 aromatic heterocycles. The van der Waals surface area contributed by atoms with Gasteiger partial charge in [0.05, 0.1) is 11.1 Å². The molecule has 4 nitrogen and oxygen atoms in total. The lowest BCUT2D eigenvalue weighted by atomic mass is 9.83. The average Bonchev–Trinajstić information content (AvgIpc) is 3.20. The number of hydrogen-bond donors (Lipinski definition) is 1. The summed E-state index contributed by atoms with van der Waals surface area (Å²) in [6.45, 7) is 2.50. The van der Waals surface area contributed by atoms with Crippen molar-refractivity contribution in [1.82, 2.24) is 10.5 Å². The highest BCUT2D eigenvalue weighted by molar-refractivity contribution is 7.10. The maximum atomic E-state index is 12.7. The number of carbonyl (C=O) groups is 1. The summed E-state index contributed by atoms with van der Waals surface area (Å²) in [7, 11) is 0. The molecule has 1 saturated carbocycles. The van der Waals surface area contributed by atoms with Crippen LogP contribution in [0.5, 0.6) is 0 Å². The lowest BCUT2D eigenvalue weighted by molar-refractivity contribution is -0.126. The first-order chi connectivity index (χ1) is 10.2. The highest BCUT2D eigenvalue weighted by Gasteiger charge is 2.43. The summed E-state index contributed by atoms with van der Waals surface area (Å²) in [6.07, 6.45) is 4.87. The van der Waals surface area contributed by atoms with Crippen LogP contribution in [0.15, 0.2) is 28.1 Å². The van der Waals surface area contributed by atoms with Crippen molar-refractivity contribution in [2.45, 2.75) is 44.4 Å². The summed E-state index contributed by atoms with van der Waals surface area (Å²) in [4.78, 5) is 13.9. The largest absolute Gasteiger partial charge is 0.361 e. The molecule has 0 saturated heterocycles. The molecule has 2 heterocycles. The number of amides is 1. The minimum atomic E-state index is -0.300. The molecule has 0 bridgehead atoms. The molecule has 5 heteroatoms. The van der Waals surface area contributed by atoms with Crippen molar-refractivity contribution in [2.24, 2.45) is 0 Å². The van der Waals surface area contributed by atoms with E-state index in [1.165, 1.54) is 4.88 Å². The third kappa shape index (κ3) is 2.88. The molecule has 21 heavy (non-hydrogen) atoms. The van der Waals surface area contributed by atoms with E-state index in [0.29, 0.717) is 13.0 Å². The van der Waals surface area contributed by atoms with E-state index in [1.54, 1.807) is 11.3 Å². The van der Waals surface area contributed by atoms with Crippen molar-refractivity contribution < 1.29 is 9.32 Å². The lowest BCUT2D eigenvalue weighted by Crippen LogP contribution is -2.42. The molecule has 1 fully saturated rings. The van der Waals surface area contributed by atoms with E-state index in [2.05, 4.69) is 21.9 Å². The van der Waals surface area contributed by atoms with Gasteiger partial charge >= 0.3 is 0 Å². The average molecular weight is 304 g/mol. The van der Waals surface area contributed by atoms with Gasteiger partial charge in [-0.05, 0) is 31.2 Å². The van der Waals surface area contributed by atoms with Crippen LogP contribution < -0.4 is 5.32 Å². The Balaban J connectivity index is 1.63. The minimum absolute atomic E-state index is 0.165. The van der Waals surface area contributed by atoms with Gasteiger partial charge < -0.3 is 9.84 Å². The summed E-state index contributed by atoms with van der Waals surface area (Å²) in [6, 6.07) is 6.04. The van der Waals surface area contributed by atoms with E-state index in [0.717, 1.165) is 37.1 Å². The topological polar surface area (TPSA) is 55.1 Å². The molecular weight excluding hydrogens is 284 g/mol. The molecule has 1 amide bonds. The summed E-state index contributed by atoms with van der Waals surface area (Å²) >= 11 is 1.69. The fraction of sp³-hybridized carbons (Fsp3) is 0.500. The van der Waals surface area contributed by atoms with Gasteiger partial charge in [0.2, 0.25) is 5.91 Å². The number of aryl methyl sites for hydroxylation is 1. The van der Waals surface area contributed by atoms with Gasteiger partial charge in [-0.15, -0.1) is 11.3 Å². The molecule has 0 unspecified atom stereocenters. The summed E-state index contributed by atoms with van der Waals surface area (Å²) < 4.78 is 5.17. The van der Waals surface area contributed by atoms with Crippen molar-refractivity contribution >= 4 is 17.2 Å². The second kappa shape index (κ2) is 6.02. The van der Waals surface area contributed by atoms with E-state index in [1.807, 2.05) is 19.1 Å². The molecule has 1 aliphatic carbocycles. The Kier molecular flexibility index (Phi) is 4.10. The molecule has 0 spiro atoms. The molecule has 0 radical (unpaired) electrons. The number of rotatable bonds is 5. The molecule has 2 aromatic rings. The third-order valence-corrected chi connectivity index (χ3v) is 5.29. The van der Waals surface area contributed by atoms with Crippen LogP contribution in [-0.2, 0) is 16.6 Å². The fourth-order valence-electron chi connectivity index (χ4n) is 3.12. The van der Waals surface area contributed by atoms with Gasteiger partial charge in [-0.2, -0.15) is 0 Å². The third-order valence-electron chi connectivity index (χ3n) is 4.22. The van der Waals surface area contributed by atoms with E-state index >= 15 is 0 Å². The SMILES string of the molecule is Cc1cc(CCNC(=O)C2(c3cccs3)CCCC2)on1. The van der Waals surface area contributed by atoms with Gasteiger partial charge in [-0.3, -0.25) is 4.79 Å². The van der Waals surface area contributed by atoms with E-state index in [-0.39, 0.29) is 11.3 Å². The molecule has 112 valence electrons. The fourth-order valence-corrected chi connectivity index (χ4v) is 4.10. The summed E-state index contributed by atoms with van der Waals surface area (Å²) in [5, 5.41) is 9.01. The van der Waals surface area contributed by atoms with Crippen molar-refractivity contribution in [1.29, 1.82) is 0 Å². The Hall–Kier alpha value is -1.62. The standard InChI is InChI=1S/C16H20N2O2S/c1-12-11-13(20-18-12)6-9-17-15(19)16(7-2-3-8-16)14-5-4-10-21-14/h4-5,10-11H,2-3,6-9H2,1H3,(H,17,19). The number of nitrogens with one attached hydrogen (secondary N) is 1. The monoisotopic (exact) mass is 304 g/mol. The van der Waals surface area contributed by atoms with Crippen LogP contribution >= 0.6 is 11.3 Å². The zero-order chi connectivity index (χ0) is 14.7. The molecular formula is C16H20N2O2S. The second-order valence-corrected chi connectivity index (χ2v) is 6.65. The smallest absolute Gasteiger partial charge is 0.231 e. The minimum Gasteiger partial charge on any atom is -0.361 e. The van der Waals surface area contributed by atoms with Crippen LogP contribution in [0.25, 0.3) is 0 Å². The Morgan fingerprint density at radius 3 is 2.90 bits per heavy atom. The molecule has 0 aromatic carbocycles. The number of thiophene rings is 1. The Labute approximate surface area is 128 Å². The van der Waals surface area contributed by atoms with E-state index in [9.17, 15) is 4.79 Å². The van der Waals surface area contributed by atoms with E-state index in [4.69, 9.17) is 4.52 Å². The Bertz CT molecular complexity index is 598. The van der Waals surface area contributed by atoms with Gasteiger partial charge in [-0.1, -0.05) is 24.1 Å². The van der Waals surface area contributed by atoms with Gasteiger partial charge in [0.1, 0.15) is 5.76 Å². The van der Waals surface area contributed by atoms with E-state index < -0.39 is 0 Å². The number of aromatic nitrogens is 1. The number of hydrogen-bond acceptors (Lipinski definition) is 4. The van der Waals surface area contributed by atoms with Crippen LogP contribution in [0, 0.1) is 6.92 Å². The van der Waals surface area contributed by atoms with Crippen LogP contribution in [-0.4, -0.2) is 17.6 Å². The second-order valence-electron chi connectivity index (χ2n) is 5.71. The van der Waals surface area contributed by atoms with Crippen molar-refractivity contribution in [3.05, 3.63) is 39.9 Å². The molecule has 0 atom stereocenters. The Morgan fingerprint density at radius 1 is 1.48 bits per heavy atom. The van der Waals surface area contributed by atoms with Crippen molar-refractivity contribution in [3.8, 4) is 0 Å². The normalized spacial score (nSPS) is 17.0. The van der Waals surface area contributed by atoms with Gasteiger partial charge in [0.15, 0.2) is 0 Å². The number of nitrogens with zero attached hydrogens (tertiary/aromatic N) is 1. The first kappa shape index (κ1) is 14.3. The van der Waals surface area contributed by atoms with Gasteiger partial charge in [0, 0.05) is 23.9 Å². The zero-order valence-corrected chi connectivity index (χ0v) is 13.0. The first-order valence-corrected chi connectivity index (χ1v) is 8.33. The molecule has 1 aliphatic rings. The molecule has 1 N–H and O–H groups in total. The molecule has 3 rings (SSSR count). The predicted molar refractivity (Wildman–Crippen MR) is 82.4 cm³/mol. The lowest BCUT2D eigenvalue weighted by Gasteiger charge is -2.26. The van der Waals surface area contributed by atoms with Crippen LogP contribution in [0.1, 0.15) is 42.0 Å². The Morgan fingerprint density at radius 2 is 2.29 bits per heavy atom. The zero-order valence-electron chi connectivity index (χ0n) is 12.2. The van der Waals surface area contributed by atoms with Crippen LogP contribution in [0.4, 0.5) is 0 Å². The highest BCUT2D eigenvalue weighted by Crippen LogP contribution is 2.43.